The number of fused-ring (bicyclic) bond motifs is 1. The van der Waals surface area contributed by atoms with E-state index in [2.05, 4.69) is 16.7 Å². The zero-order chi connectivity index (χ0) is 23.1. The number of benzene rings is 1. The first-order valence-electron chi connectivity index (χ1n) is 11.8. The maximum Gasteiger partial charge on any atom is 0.264 e. The predicted octanol–water partition coefficient (Wildman–Crippen LogP) is 4.79. The van der Waals surface area contributed by atoms with Crippen molar-refractivity contribution < 1.29 is 9.18 Å². The van der Waals surface area contributed by atoms with E-state index in [0.717, 1.165) is 64.0 Å². The molecule has 5 rings (SSSR count). The molecule has 8 heteroatoms. The number of anilines is 2. The molecule has 0 aliphatic carbocycles. The fourth-order valence-electron chi connectivity index (χ4n) is 5.01. The topological polar surface area (TPSA) is 52.6 Å². The molecule has 0 bridgehead atoms. The van der Waals surface area contributed by atoms with Crippen LogP contribution in [-0.2, 0) is 0 Å². The van der Waals surface area contributed by atoms with Crippen molar-refractivity contribution in [2.75, 3.05) is 42.5 Å². The van der Waals surface area contributed by atoms with Crippen LogP contribution in [0.15, 0.2) is 24.3 Å². The van der Waals surface area contributed by atoms with E-state index >= 15 is 0 Å². The van der Waals surface area contributed by atoms with Gasteiger partial charge in [0.15, 0.2) is 0 Å². The highest BCUT2D eigenvalue weighted by Crippen LogP contribution is 2.38. The largest absolute Gasteiger partial charge is 0.368 e. The van der Waals surface area contributed by atoms with Gasteiger partial charge < -0.3 is 14.7 Å². The summed E-state index contributed by atoms with van der Waals surface area (Å²) >= 11 is 1.49. The van der Waals surface area contributed by atoms with Crippen molar-refractivity contribution in [3.8, 4) is 0 Å². The van der Waals surface area contributed by atoms with Crippen LogP contribution in [0, 0.1) is 19.7 Å². The van der Waals surface area contributed by atoms with Crippen LogP contribution in [0.1, 0.15) is 47.2 Å². The number of thiophene rings is 1. The molecule has 1 unspecified atom stereocenters. The molecule has 2 aliphatic heterocycles. The maximum absolute atomic E-state index is 13.5. The molecule has 4 heterocycles. The molecule has 0 spiro atoms. The molecule has 2 saturated heterocycles. The normalized spacial score (nSPS) is 19.4. The molecule has 2 fully saturated rings. The van der Waals surface area contributed by atoms with Crippen LogP contribution in [-0.4, -0.2) is 59.5 Å². The molecule has 1 amide bonds. The van der Waals surface area contributed by atoms with Gasteiger partial charge in [0.2, 0.25) is 0 Å². The average Bonchev–Trinajstić information content (AvgIpc) is 3.15. The number of aryl methyl sites for hydroxylation is 2. The lowest BCUT2D eigenvalue weighted by atomic mass is 10.0. The van der Waals surface area contributed by atoms with E-state index in [-0.39, 0.29) is 11.7 Å². The Labute approximate surface area is 198 Å². The molecule has 1 atom stereocenters. The number of nitrogens with zero attached hydrogens (tertiary/aromatic N) is 5. The Hall–Kier alpha value is -2.74. The van der Waals surface area contributed by atoms with Gasteiger partial charge in [-0.2, -0.15) is 0 Å². The van der Waals surface area contributed by atoms with Crippen molar-refractivity contribution in [1.29, 1.82) is 0 Å². The van der Waals surface area contributed by atoms with Crippen molar-refractivity contribution in [2.45, 2.75) is 46.1 Å². The monoisotopic (exact) mass is 467 g/mol. The van der Waals surface area contributed by atoms with Crippen LogP contribution >= 0.6 is 11.3 Å². The van der Waals surface area contributed by atoms with Gasteiger partial charge in [-0.1, -0.05) is 0 Å². The van der Waals surface area contributed by atoms with Crippen molar-refractivity contribution >= 4 is 39.0 Å². The van der Waals surface area contributed by atoms with E-state index in [1.165, 1.54) is 36.3 Å². The second-order valence-electron chi connectivity index (χ2n) is 9.12. The number of carbonyl (C=O) groups excluding carboxylic acids is 1. The van der Waals surface area contributed by atoms with Crippen molar-refractivity contribution in [1.82, 2.24) is 14.9 Å². The first-order chi connectivity index (χ1) is 15.9. The van der Waals surface area contributed by atoms with Gasteiger partial charge in [0.1, 0.15) is 22.3 Å². The van der Waals surface area contributed by atoms with Gasteiger partial charge in [0.05, 0.1) is 10.3 Å². The minimum Gasteiger partial charge on any atom is -0.368 e. The van der Waals surface area contributed by atoms with Gasteiger partial charge in [-0.3, -0.25) is 4.79 Å². The number of carbonyl (C=O) groups is 1. The number of halogens is 1. The van der Waals surface area contributed by atoms with Crippen LogP contribution in [0.4, 0.5) is 15.9 Å². The number of amides is 1. The number of piperidine rings is 1. The summed E-state index contributed by atoms with van der Waals surface area (Å²) in [7, 11) is 0. The van der Waals surface area contributed by atoms with Gasteiger partial charge in [0.25, 0.3) is 5.91 Å². The molecule has 33 heavy (non-hydrogen) atoms. The van der Waals surface area contributed by atoms with E-state index in [4.69, 9.17) is 9.97 Å². The summed E-state index contributed by atoms with van der Waals surface area (Å²) in [6.45, 7) is 9.98. The molecule has 0 radical (unpaired) electrons. The standard InChI is InChI=1S/C25H30FN5OS/c1-16-6-4-5-11-31(16)23-21-17(2)22(33-24(21)28-18(3)27-23)25(32)30-14-12-29(13-15-30)20-9-7-19(26)8-10-20/h7-10,16H,4-6,11-15H2,1-3H3. The van der Waals surface area contributed by atoms with Gasteiger partial charge >= 0.3 is 0 Å². The molecule has 2 aromatic heterocycles. The quantitative estimate of drug-likeness (QED) is 0.555. The highest BCUT2D eigenvalue weighted by Gasteiger charge is 2.29. The summed E-state index contributed by atoms with van der Waals surface area (Å²) in [5, 5.41) is 1.03. The zero-order valence-electron chi connectivity index (χ0n) is 19.5. The van der Waals surface area contributed by atoms with E-state index < -0.39 is 0 Å². The zero-order valence-corrected chi connectivity index (χ0v) is 20.3. The summed E-state index contributed by atoms with van der Waals surface area (Å²) in [6, 6.07) is 7.00. The van der Waals surface area contributed by atoms with Gasteiger partial charge in [-0.25, -0.2) is 14.4 Å². The summed E-state index contributed by atoms with van der Waals surface area (Å²) in [4.78, 5) is 31.3. The van der Waals surface area contributed by atoms with Crippen molar-refractivity contribution in [2.24, 2.45) is 0 Å². The number of hydrogen-bond donors (Lipinski definition) is 0. The van der Waals surface area contributed by atoms with Crippen LogP contribution < -0.4 is 9.80 Å². The number of piperazine rings is 1. The molecule has 174 valence electrons. The predicted molar refractivity (Wildman–Crippen MR) is 132 cm³/mol. The van der Waals surface area contributed by atoms with Crippen LogP contribution in [0.2, 0.25) is 0 Å². The molecule has 3 aromatic rings. The molecule has 2 aliphatic rings. The van der Waals surface area contributed by atoms with Gasteiger partial charge in [-0.15, -0.1) is 11.3 Å². The minimum absolute atomic E-state index is 0.0737. The third kappa shape index (κ3) is 4.16. The lowest BCUT2D eigenvalue weighted by Gasteiger charge is -2.36. The molecular weight excluding hydrogens is 437 g/mol. The van der Waals surface area contributed by atoms with Gasteiger partial charge in [0, 0.05) is 44.5 Å². The number of aromatic nitrogens is 2. The fraction of sp³-hybridized carbons (Fsp3) is 0.480. The molecule has 6 nitrogen and oxygen atoms in total. The third-order valence-corrected chi connectivity index (χ3v) is 8.08. The maximum atomic E-state index is 13.5. The Bertz CT molecular complexity index is 1170. The average molecular weight is 468 g/mol. The lowest BCUT2D eigenvalue weighted by molar-refractivity contribution is 0.0751. The van der Waals surface area contributed by atoms with Crippen LogP contribution in [0.3, 0.4) is 0 Å². The Morgan fingerprint density at radius 3 is 2.45 bits per heavy atom. The summed E-state index contributed by atoms with van der Waals surface area (Å²) in [6.07, 6.45) is 3.58. The third-order valence-electron chi connectivity index (χ3n) is 6.91. The van der Waals surface area contributed by atoms with Crippen LogP contribution in [0.25, 0.3) is 10.2 Å². The summed E-state index contributed by atoms with van der Waals surface area (Å²) in [5.74, 6) is 1.58. The molecular formula is C25H30FN5OS. The highest BCUT2D eigenvalue weighted by atomic mass is 32.1. The Morgan fingerprint density at radius 2 is 1.76 bits per heavy atom. The minimum atomic E-state index is -0.232. The SMILES string of the molecule is Cc1nc(N2CCCCC2C)c2c(C)c(C(=O)N3CCN(c4ccc(F)cc4)CC3)sc2n1. The van der Waals surface area contributed by atoms with Crippen molar-refractivity contribution in [3.05, 3.63) is 46.3 Å². The van der Waals surface area contributed by atoms with Gasteiger partial charge in [-0.05, 0) is 69.9 Å². The highest BCUT2D eigenvalue weighted by molar-refractivity contribution is 7.20. The first kappa shape index (κ1) is 22.1. The van der Waals surface area contributed by atoms with Crippen LogP contribution in [0.5, 0.6) is 0 Å². The second-order valence-corrected chi connectivity index (χ2v) is 10.1. The van der Waals surface area contributed by atoms with E-state index in [0.29, 0.717) is 19.1 Å². The van der Waals surface area contributed by atoms with E-state index in [9.17, 15) is 9.18 Å². The van der Waals surface area contributed by atoms with E-state index in [1.807, 2.05) is 18.7 Å². The lowest BCUT2D eigenvalue weighted by Crippen LogP contribution is -2.48. The smallest absolute Gasteiger partial charge is 0.264 e. The second kappa shape index (κ2) is 8.89. The molecule has 0 N–H and O–H groups in total. The Balaban J connectivity index is 1.40. The van der Waals surface area contributed by atoms with Crippen molar-refractivity contribution in [3.63, 3.8) is 0 Å². The Morgan fingerprint density at radius 1 is 1.03 bits per heavy atom. The molecule has 1 aromatic carbocycles. The first-order valence-corrected chi connectivity index (χ1v) is 12.6. The Kier molecular flexibility index (Phi) is 5.95. The summed E-state index contributed by atoms with van der Waals surface area (Å²) < 4.78 is 13.2. The molecule has 0 saturated carbocycles. The number of rotatable bonds is 3. The fourth-order valence-corrected chi connectivity index (χ4v) is 6.20. The van der Waals surface area contributed by atoms with E-state index in [1.54, 1.807) is 12.1 Å². The summed E-state index contributed by atoms with van der Waals surface area (Å²) in [5.41, 5.74) is 1.99. The number of hydrogen-bond acceptors (Lipinski definition) is 6.